The number of ether oxygens (including phenoxy) is 2. The molecule has 1 aromatic carbocycles. The molecule has 4 saturated carbocycles. The predicted octanol–water partition coefficient (Wildman–Crippen LogP) is 7.57. The Hall–Kier alpha value is -1.80. The van der Waals surface area contributed by atoms with Crippen molar-refractivity contribution in [2.45, 2.75) is 123 Å². The van der Waals surface area contributed by atoms with Crippen LogP contribution in [0.1, 0.15) is 106 Å². The van der Waals surface area contributed by atoms with Crippen LogP contribution in [-0.2, 0) is 14.8 Å². The maximum atomic E-state index is 12.8. The van der Waals surface area contributed by atoms with E-state index in [1.165, 1.54) is 44.2 Å². The quantitative estimate of drug-likeness (QED) is 0.327. The monoisotopic (exact) mass is 617 g/mol. The molecule has 4 aliphatic rings. The van der Waals surface area contributed by atoms with Gasteiger partial charge in [0.2, 0.25) is 0 Å². The molecule has 242 valence electrons. The number of nitrogens with one attached hydrogen (secondary N) is 1. The van der Waals surface area contributed by atoms with Gasteiger partial charge in [0.15, 0.2) is 0 Å². The Morgan fingerprint density at radius 3 is 2.30 bits per heavy atom. The number of sulfonamides is 1. The second-order valence-corrected chi connectivity index (χ2v) is 17.6. The average molecular weight is 618 g/mol. The lowest BCUT2D eigenvalue weighted by atomic mass is 9.42. The molecule has 4 aliphatic carbocycles. The van der Waals surface area contributed by atoms with E-state index in [2.05, 4.69) is 32.4 Å². The van der Waals surface area contributed by atoms with E-state index in [9.17, 15) is 18.3 Å². The van der Waals surface area contributed by atoms with Gasteiger partial charge in [0.05, 0.1) is 17.6 Å². The van der Waals surface area contributed by atoms with Gasteiger partial charge >= 0.3 is 6.09 Å². The number of hydrogen-bond acceptors (Lipinski definition) is 6. The Kier molecular flexibility index (Phi) is 8.98. The number of amides is 1. The van der Waals surface area contributed by atoms with Gasteiger partial charge in [-0.1, -0.05) is 34.1 Å². The second kappa shape index (κ2) is 11.9. The zero-order valence-electron chi connectivity index (χ0n) is 27.4. The van der Waals surface area contributed by atoms with Crippen molar-refractivity contribution in [1.29, 1.82) is 0 Å². The van der Waals surface area contributed by atoms with Crippen LogP contribution in [0.5, 0.6) is 5.75 Å². The molecule has 1 amide bonds. The highest BCUT2D eigenvalue weighted by Crippen LogP contribution is 2.69. The van der Waals surface area contributed by atoms with Gasteiger partial charge in [0, 0.05) is 0 Å². The van der Waals surface area contributed by atoms with Gasteiger partial charge in [-0.2, -0.15) is 0 Å². The Morgan fingerprint density at radius 2 is 1.65 bits per heavy atom. The molecule has 7 nitrogen and oxygen atoms in total. The van der Waals surface area contributed by atoms with Gasteiger partial charge in [0.25, 0.3) is 10.0 Å². The van der Waals surface area contributed by atoms with Crippen LogP contribution in [0.2, 0.25) is 0 Å². The highest BCUT2D eigenvalue weighted by Gasteiger charge is 2.62. The Labute approximate surface area is 259 Å². The summed E-state index contributed by atoms with van der Waals surface area (Å²) in [6.07, 6.45) is 9.30. The maximum Gasteiger partial charge on any atom is 0.421 e. The fourth-order valence-electron chi connectivity index (χ4n) is 10.5. The van der Waals surface area contributed by atoms with Crippen LogP contribution in [-0.4, -0.2) is 37.9 Å². The molecule has 2 N–H and O–H groups in total. The number of rotatable bonds is 7. The van der Waals surface area contributed by atoms with Crippen LogP contribution in [0.25, 0.3) is 0 Å². The normalized spacial score (nSPS) is 38.3. The Balaban J connectivity index is 1.20. The molecule has 4 fully saturated rings. The molecule has 0 bridgehead atoms. The Morgan fingerprint density at radius 1 is 1.00 bits per heavy atom. The third-order valence-electron chi connectivity index (χ3n) is 12.4. The lowest BCUT2D eigenvalue weighted by Gasteiger charge is -2.63. The third kappa shape index (κ3) is 6.34. The first-order chi connectivity index (χ1) is 20.1. The SMILES string of the molecule is CC[C@H]1C[C@H]2C3CCC([C@H](C)COC(=O)NS(=O)(=O)c4ccc(OC(C)(C)C)cc4)[C@@]3(C)CC[C@@H]2[C@@]2(C)CC[C@@H](O)C[C@@H]12. The number of benzene rings is 1. The number of carbonyl (C=O) groups is 1. The van der Waals surface area contributed by atoms with Crippen LogP contribution < -0.4 is 9.46 Å². The minimum atomic E-state index is -4.05. The summed E-state index contributed by atoms with van der Waals surface area (Å²) in [7, 11) is -4.05. The Bertz CT molecular complexity index is 1260. The highest BCUT2D eigenvalue weighted by molar-refractivity contribution is 7.90. The van der Waals surface area contributed by atoms with E-state index in [0.717, 1.165) is 37.5 Å². The molecule has 2 unspecified atom stereocenters. The van der Waals surface area contributed by atoms with Crippen molar-refractivity contribution in [3.8, 4) is 5.75 Å². The number of aliphatic hydroxyl groups is 1. The molecule has 10 atom stereocenters. The largest absolute Gasteiger partial charge is 0.488 e. The van der Waals surface area contributed by atoms with E-state index in [0.29, 0.717) is 34.8 Å². The van der Waals surface area contributed by atoms with Crippen molar-refractivity contribution in [2.24, 2.45) is 52.3 Å². The van der Waals surface area contributed by atoms with E-state index in [-0.39, 0.29) is 28.9 Å². The number of carbonyl (C=O) groups excluding carboxylic acids is 1. The van der Waals surface area contributed by atoms with Crippen LogP contribution in [0, 0.1) is 52.3 Å². The lowest BCUT2D eigenvalue weighted by molar-refractivity contribution is -0.153. The van der Waals surface area contributed by atoms with Crippen LogP contribution >= 0.6 is 0 Å². The number of hydrogen-bond donors (Lipinski definition) is 2. The fourth-order valence-corrected chi connectivity index (χ4v) is 11.4. The van der Waals surface area contributed by atoms with Crippen molar-refractivity contribution in [3.63, 3.8) is 0 Å². The first kappa shape index (κ1) is 32.6. The summed E-state index contributed by atoms with van der Waals surface area (Å²) < 4.78 is 39.1. The second-order valence-electron chi connectivity index (χ2n) is 15.9. The molecule has 5 rings (SSSR count). The van der Waals surface area contributed by atoms with Crippen molar-refractivity contribution in [1.82, 2.24) is 4.72 Å². The topological polar surface area (TPSA) is 102 Å². The van der Waals surface area contributed by atoms with Crippen LogP contribution in [0.15, 0.2) is 29.2 Å². The molecule has 0 aliphatic heterocycles. The molecular weight excluding hydrogens is 562 g/mol. The maximum absolute atomic E-state index is 12.8. The first-order valence-electron chi connectivity index (χ1n) is 16.7. The molecule has 1 aromatic rings. The average Bonchev–Trinajstić information content (AvgIpc) is 3.28. The van der Waals surface area contributed by atoms with Crippen molar-refractivity contribution in [2.75, 3.05) is 6.61 Å². The molecule has 8 heteroatoms. The standard InChI is InChI=1S/C35H55NO6S/c1-8-23-19-27-29-14-13-28(34(29,6)18-16-30(27)35(7)17-15-24(37)20-31(23)35)22(2)21-41-32(38)36-43(39,40)26-11-9-25(10-12-26)42-33(3,4)5/h9-12,22-24,27-31,37H,8,13-21H2,1-7H3,(H,36,38)/t22-,23+,24-,27+,28?,29?,30+,31+,34-,35-/m1/s1. The fraction of sp³-hybridized carbons (Fsp3) is 0.800. The summed E-state index contributed by atoms with van der Waals surface area (Å²) in [6.45, 7) is 15.5. The van der Waals surface area contributed by atoms with Crippen LogP contribution in [0.4, 0.5) is 4.79 Å². The molecule has 0 saturated heterocycles. The smallest absolute Gasteiger partial charge is 0.421 e. The van der Waals surface area contributed by atoms with E-state index in [1.54, 1.807) is 12.1 Å². The predicted molar refractivity (Wildman–Crippen MR) is 168 cm³/mol. The number of fused-ring (bicyclic) bond motifs is 5. The minimum Gasteiger partial charge on any atom is -0.488 e. The molecule has 0 radical (unpaired) electrons. The summed E-state index contributed by atoms with van der Waals surface area (Å²) in [5, 5.41) is 10.5. The van der Waals surface area contributed by atoms with Crippen molar-refractivity contribution >= 4 is 16.1 Å². The van der Waals surface area contributed by atoms with Gasteiger partial charge < -0.3 is 14.6 Å². The third-order valence-corrected chi connectivity index (χ3v) is 13.7. The zero-order valence-corrected chi connectivity index (χ0v) is 28.2. The zero-order chi connectivity index (χ0) is 31.4. The minimum absolute atomic E-state index is 0.0112. The first-order valence-corrected chi connectivity index (χ1v) is 18.2. The highest BCUT2D eigenvalue weighted by atomic mass is 32.2. The van der Waals surface area contributed by atoms with Gasteiger partial charge in [-0.05, 0) is 149 Å². The summed E-state index contributed by atoms with van der Waals surface area (Å²) >= 11 is 0. The summed E-state index contributed by atoms with van der Waals surface area (Å²) in [6, 6.07) is 6.04. The van der Waals surface area contributed by atoms with E-state index in [1.807, 2.05) is 20.8 Å². The van der Waals surface area contributed by atoms with E-state index >= 15 is 0 Å². The van der Waals surface area contributed by atoms with Crippen LogP contribution in [0.3, 0.4) is 0 Å². The summed E-state index contributed by atoms with van der Waals surface area (Å²) in [5.74, 6) is 4.62. The molecule has 43 heavy (non-hydrogen) atoms. The summed E-state index contributed by atoms with van der Waals surface area (Å²) in [4.78, 5) is 12.7. The molecule has 0 spiro atoms. The molecular formula is C35H55NO6S. The van der Waals surface area contributed by atoms with Gasteiger partial charge in [0.1, 0.15) is 11.4 Å². The van der Waals surface area contributed by atoms with Crippen molar-refractivity contribution < 1.29 is 27.8 Å². The van der Waals surface area contributed by atoms with Crippen molar-refractivity contribution in [3.05, 3.63) is 24.3 Å². The molecule has 0 heterocycles. The van der Waals surface area contributed by atoms with Gasteiger partial charge in [-0.25, -0.2) is 17.9 Å². The van der Waals surface area contributed by atoms with E-state index < -0.39 is 21.7 Å². The van der Waals surface area contributed by atoms with E-state index in [4.69, 9.17) is 9.47 Å². The summed E-state index contributed by atoms with van der Waals surface area (Å²) in [5.41, 5.74) is 0.143. The lowest BCUT2D eigenvalue weighted by Crippen LogP contribution is -2.56. The number of aliphatic hydroxyl groups excluding tert-OH is 1. The molecule has 0 aromatic heterocycles. The van der Waals surface area contributed by atoms with Gasteiger partial charge in [-0.3, -0.25) is 0 Å². The van der Waals surface area contributed by atoms with Gasteiger partial charge in [-0.15, -0.1) is 0 Å².